The van der Waals surface area contributed by atoms with Crippen LogP contribution in [-0.4, -0.2) is 26.3 Å². The molecule has 0 fully saturated rings. The number of rotatable bonds is 6. The first-order chi connectivity index (χ1) is 15.6. The van der Waals surface area contributed by atoms with E-state index in [1.165, 1.54) is 21.7 Å². The van der Waals surface area contributed by atoms with Crippen molar-refractivity contribution in [2.75, 3.05) is 17.6 Å². The smallest absolute Gasteiger partial charge is 0.225 e. The summed E-state index contributed by atoms with van der Waals surface area (Å²) < 4.78 is 15.3. The van der Waals surface area contributed by atoms with E-state index in [9.17, 15) is 4.39 Å². The molecule has 0 bridgehead atoms. The molecule has 0 spiro atoms. The van der Waals surface area contributed by atoms with Gasteiger partial charge < -0.3 is 11.1 Å². The van der Waals surface area contributed by atoms with Crippen LogP contribution in [0.5, 0.6) is 0 Å². The maximum absolute atomic E-state index is 13.8. The Morgan fingerprint density at radius 1 is 1.06 bits per heavy atom. The molecule has 3 N–H and O–H groups in total. The lowest BCUT2D eigenvalue weighted by Gasteiger charge is -2.08. The van der Waals surface area contributed by atoms with Crippen LogP contribution in [-0.2, 0) is 6.42 Å². The summed E-state index contributed by atoms with van der Waals surface area (Å²) in [5.41, 5.74) is 8.84. The lowest BCUT2D eigenvalue weighted by Crippen LogP contribution is -2.08. The molecular formula is C23H18ClFN6S. The quantitative estimate of drug-likeness (QED) is 0.343. The highest BCUT2D eigenvalue weighted by Crippen LogP contribution is 2.33. The van der Waals surface area contributed by atoms with Gasteiger partial charge in [-0.1, -0.05) is 35.9 Å². The summed E-state index contributed by atoms with van der Waals surface area (Å²) in [7, 11) is 0. The predicted molar refractivity (Wildman–Crippen MR) is 128 cm³/mol. The Hall–Kier alpha value is -3.49. The Morgan fingerprint density at radius 3 is 2.66 bits per heavy atom. The van der Waals surface area contributed by atoms with Crippen molar-refractivity contribution in [3.05, 3.63) is 81.8 Å². The summed E-state index contributed by atoms with van der Waals surface area (Å²) in [4.78, 5) is 10.6. The first kappa shape index (κ1) is 20.4. The first-order valence-corrected chi connectivity index (χ1v) is 11.2. The number of nitrogens with two attached hydrogens (primary N) is 1. The van der Waals surface area contributed by atoms with Crippen LogP contribution in [0.1, 0.15) is 4.88 Å². The SMILES string of the molecule is Nc1c2c(-c3ccc(Cl)cc3)nc(NCCc3cccs3)nc2nn1-c1cccc(F)c1. The third-order valence-corrected chi connectivity index (χ3v) is 6.16. The minimum Gasteiger partial charge on any atom is -0.383 e. The van der Waals surface area contributed by atoms with Crippen molar-refractivity contribution in [1.82, 2.24) is 19.7 Å². The minimum atomic E-state index is -0.374. The van der Waals surface area contributed by atoms with Crippen LogP contribution in [0.25, 0.3) is 28.0 Å². The summed E-state index contributed by atoms with van der Waals surface area (Å²) in [6.07, 6.45) is 0.856. The normalized spacial score (nSPS) is 11.2. The van der Waals surface area contributed by atoms with Gasteiger partial charge in [-0.05, 0) is 48.2 Å². The molecule has 0 saturated heterocycles. The number of hydrogen-bond acceptors (Lipinski definition) is 6. The fourth-order valence-corrected chi connectivity index (χ4v) is 4.30. The van der Waals surface area contributed by atoms with Gasteiger partial charge in [0.2, 0.25) is 5.95 Å². The molecule has 3 heterocycles. The largest absolute Gasteiger partial charge is 0.383 e. The van der Waals surface area contributed by atoms with Gasteiger partial charge in [0.1, 0.15) is 11.6 Å². The van der Waals surface area contributed by atoms with Crippen LogP contribution >= 0.6 is 22.9 Å². The van der Waals surface area contributed by atoms with E-state index in [1.54, 1.807) is 35.6 Å². The number of fused-ring (bicyclic) bond motifs is 1. The molecule has 32 heavy (non-hydrogen) atoms. The second-order valence-electron chi connectivity index (χ2n) is 7.13. The molecule has 2 aromatic carbocycles. The topological polar surface area (TPSA) is 81.7 Å². The van der Waals surface area contributed by atoms with Crippen molar-refractivity contribution in [2.45, 2.75) is 6.42 Å². The van der Waals surface area contributed by atoms with Crippen LogP contribution in [0.15, 0.2) is 66.0 Å². The number of halogens is 2. The van der Waals surface area contributed by atoms with Crippen molar-refractivity contribution >= 4 is 45.7 Å². The van der Waals surface area contributed by atoms with Gasteiger partial charge in [0.25, 0.3) is 0 Å². The van der Waals surface area contributed by atoms with E-state index in [4.69, 9.17) is 22.3 Å². The molecule has 0 saturated carbocycles. The summed E-state index contributed by atoms with van der Waals surface area (Å²) in [6, 6.07) is 17.6. The molecule has 9 heteroatoms. The van der Waals surface area contributed by atoms with E-state index in [1.807, 2.05) is 18.2 Å². The van der Waals surface area contributed by atoms with Crippen molar-refractivity contribution in [3.8, 4) is 16.9 Å². The molecule has 0 aliphatic rings. The third kappa shape index (κ3) is 4.02. The van der Waals surface area contributed by atoms with Crippen molar-refractivity contribution in [1.29, 1.82) is 0 Å². The minimum absolute atomic E-state index is 0.334. The van der Waals surface area contributed by atoms with Gasteiger partial charge in [0.05, 0.1) is 16.8 Å². The van der Waals surface area contributed by atoms with Gasteiger partial charge in [-0.25, -0.2) is 14.1 Å². The number of aromatic nitrogens is 4. The van der Waals surface area contributed by atoms with E-state index in [0.29, 0.717) is 45.7 Å². The van der Waals surface area contributed by atoms with Crippen LogP contribution in [0.3, 0.4) is 0 Å². The number of anilines is 2. The van der Waals surface area contributed by atoms with Gasteiger partial charge in [-0.3, -0.25) is 0 Å². The Kier molecular flexibility index (Phi) is 5.46. The number of nitrogens with zero attached hydrogens (tertiary/aromatic N) is 4. The summed E-state index contributed by atoms with van der Waals surface area (Å²) in [5.74, 6) is 0.407. The van der Waals surface area contributed by atoms with E-state index in [-0.39, 0.29) is 5.82 Å². The Morgan fingerprint density at radius 2 is 1.91 bits per heavy atom. The fraction of sp³-hybridized carbons (Fsp3) is 0.0870. The highest BCUT2D eigenvalue weighted by atomic mass is 35.5. The zero-order chi connectivity index (χ0) is 22.1. The molecule has 6 nitrogen and oxygen atoms in total. The van der Waals surface area contributed by atoms with Crippen LogP contribution < -0.4 is 11.1 Å². The monoisotopic (exact) mass is 464 g/mol. The van der Waals surface area contributed by atoms with Gasteiger partial charge in [-0.15, -0.1) is 16.4 Å². The summed E-state index contributed by atoms with van der Waals surface area (Å²) in [5, 5.41) is 11.1. The predicted octanol–water partition coefficient (Wildman–Crippen LogP) is 5.57. The van der Waals surface area contributed by atoms with Gasteiger partial charge in [-0.2, -0.15) is 4.98 Å². The molecule has 0 unspecified atom stereocenters. The molecular weight excluding hydrogens is 447 g/mol. The molecule has 0 amide bonds. The zero-order valence-electron chi connectivity index (χ0n) is 16.8. The average molecular weight is 465 g/mol. The zero-order valence-corrected chi connectivity index (χ0v) is 18.4. The van der Waals surface area contributed by atoms with E-state index in [0.717, 1.165) is 12.0 Å². The van der Waals surface area contributed by atoms with Gasteiger partial charge in [0, 0.05) is 22.0 Å². The highest BCUT2D eigenvalue weighted by molar-refractivity contribution is 7.09. The van der Waals surface area contributed by atoms with Crippen LogP contribution in [0, 0.1) is 5.82 Å². The highest BCUT2D eigenvalue weighted by Gasteiger charge is 2.19. The fourth-order valence-electron chi connectivity index (χ4n) is 3.46. The summed E-state index contributed by atoms with van der Waals surface area (Å²) in [6.45, 7) is 0.673. The van der Waals surface area contributed by atoms with Crippen LogP contribution in [0.4, 0.5) is 16.2 Å². The molecule has 0 atom stereocenters. The van der Waals surface area contributed by atoms with Gasteiger partial charge in [0.15, 0.2) is 5.65 Å². The third-order valence-electron chi connectivity index (χ3n) is 4.97. The van der Waals surface area contributed by atoms with E-state index in [2.05, 4.69) is 26.8 Å². The van der Waals surface area contributed by atoms with Crippen molar-refractivity contribution in [2.24, 2.45) is 0 Å². The molecule has 5 aromatic rings. The van der Waals surface area contributed by atoms with Crippen molar-refractivity contribution < 1.29 is 4.39 Å². The number of nitrogens with one attached hydrogen (secondary N) is 1. The van der Waals surface area contributed by atoms with Gasteiger partial charge >= 0.3 is 0 Å². The maximum atomic E-state index is 13.8. The number of thiophene rings is 1. The molecule has 0 radical (unpaired) electrons. The molecule has 0 aliphatic heterocycles. The molecule has 5 rings (SSSR count). The second-order valence-corrected chi connectivity index (χ2v) is 8.60. The molecule has 0 aliphatic carbocycles. The Labute approximate surface area is 192 Å². The molecule has 160 valence electrons. The average Bonchev–Trinajstić information content (AvgIpc) is 3.42. The van der Waals surface area contributed by atoms with E-state index < -0.39 is 0 Å². The second kappa shape index (κ2) is 8.57. The first-order valence-electron chi connectivity index (χ1n) is 9.93. The number of hydrogen-bond donors (Lipinski definition) is 2. The van der Waals surface area contributed by atoms with Crippen LogP contribution in [0.2, 0.25) is 5.02 Å². The van der Waals surface area contributed by atoms with E-state index >= 15 is 0 Å². The van der Waals surface area contributed by atoms with Crippen molar-refractivity contribution in [3.63, 3.8) is 0 Å². The Balaban J connectivity index is 1.60. The number of nitrogen functional groups attached to an aromatic ring is 1. The Bertz CT molecular complexity index is 1380. The standard InChI is InChI=1S/C23H18ClFN6S/c24-15-8-6-14(7-9-15)20-19-21(26)31(17-4-1-3-16(25)13-17)30-22(19)29-23(28-20)27-11-10-18-5-2-12-32-18/h1-9,12-13H,10-11,26H2,(H,27,29,30). The maximum Gasteiger partial charge on any atom is 0.225 e. The lowest BCUT2D eigenvalue weighted by atomic mass is 10.1. The lowest BCUT2D eigenvalue weighted by molar-refractivity contribution is 0.625. The number of benzene rings is 2. The summed E-state index contributed by atoms with van der Waals surface area (Å²) >= 11 is 7.79. The molecule has 3 aromatic heterocycles.